The van der Waals surface area contributed by atoms with Gasteiger partial charge in [-0.2, -0.15) is 48.6 Å². The summed E-state index contributed by atoms with van der Waals surface area (Å²) in [6.45, 7) is 0. The fraction of sp³-hybridized carbons (Fsp3) is 0. The summed E-state index contributed by atoms with van der Waals surface area (Å²) in [7, 11) is -20.1. The third-order valence-corrected chi connectivity index (χ3v) is 13.1. The van der Waals surface area contributed by atoms with Crippen molar-refractivity contribution in [2.75, 3.05) is 10.6 Å². The SMILES string of the molecule is O=S(=O)(O)c1cc(Cl)c(O)c(N=Nc2c(S(=O)(=O)O)cc3cc(Nc4nc(Cl)nc(Nc5ccc6c(O)c(N=Nc7cc(S(=O)(=O)O)cc(Cl)c7O)c(S(=O)(=O)O)cc6c5)n4)ccc3c2O)c1.[Cu].[Cu].[Na+].[Na+].[Na+].[Na+]. The van der Waals surface area contributed by atoms with Crippen LogP contribution in [0.1, 0.15) is 0 Å². The van der Waals surface area contributed by atoms with Gasteiger partial charge in [-0.25, -0.2) is 0 Å². The summed E-state index contributed by atoms with van der Waals surface area (Å²) in [5, 5.41) is 61.0. The van der Waals surface area contributed by atoms with Gasteiger partial charge in [-0.3, -0.25) is 18.2 Å². The summed E-state index contributed by atoms with van der Waals surface area (Å²) in [6.07, 6.45) is 0. The molecule has 1 aromatic heterocycles. The van der Waals surface area contributed by atoms with Crippen LogP contribution in [-0.4, -0.2) is 87.3 Å². The zero-order valence-electron chi connectivity index (χ0n) is 36.8. The minimum Gasteiger partial charge on any atom is -0.505 e. The number of azo groups is 2. The predicted molar refractivity (Wildman–Crippen MR) is 236 cm³/mol. The van der Waals surface area contributed by atoms with E-state index in [4.69, 9.17) is 34.8 Å². The smallest absolute Gasteiger partial charge is 0.505 e. The molecule has 0 spiro atoms. The van der Waals surface area contributed by atoms with Crippen LogP contribution in [0.5, 0.6) is 23.0 Å². The van der Waals surface area contributed by atoms with Crippen molar-refractivity contribution in [1.82, 2.24) is 15.0 Å². The standard InChI is InChI=1S/C35H22Cl3N9O16S4.2Cu.4Na/c36-21-9-17(64(52,53)54)11-23(31(21)50)44-46-27-25(66(58,59)60)7-13-5-15(1-3-19(13)29(27)48)39-34-41-33(38)42-35(43-34)40-16-2-4-20-14(6-16)8-26(67(61,62)63)28(30(20)49)47-45-24-12-18(65(55,56)57)10-22(37)32(24)51;;;;;;/h1-12,48-51H,(H,52,53,54)(H,55,56,57)(H,58,59,60)(H,61,62,63)(H2,39,40,41,42,43);;;;;;/q;;;4*+1. The number of nitrogens with one attached hydrogen (secondary N) is 2. The Morgan fingerprint density at radius 2 is 0.781 bits per heavy atom. The minimum atomic E-state index is -5.18. The van der Waals surface area contributed by atoms with Gasteiger partial charge in [0.25, 0.3) is 40.5 Å². The van der Waals surface area contributed by atoms with E-state index in [2.05, 4.69) is 46.0 Å². The molecule has 10 N–H and O–H groups in total. The maximum atomic E-state index is 12.5. The number of halogens is 3. The number of hydrogen-bond acceptors (Lipinski definition) is 21. The number of rotatable bonds is 12. The Bertz CT molecular complexity index is 3600. The van der Waals surface area contributed by atoms with Crippen molar-refractivity contribution in [1.29, 1.82) is 0 Å². The molecule has 0 saturated carbocycles. The first-order valence-electron chi connectivity index (χ1n) is 17.4. The van der Waals surface area contributed by atoms with Crippen molar-refractivity contribution in [3.63, 3.8) is 0 Å². The number of hydrogen-bond donors (Lipinski definition) is 10. The van der Waals surface area contributed by atoms with E-state index in [1.165, 1.54) is 36.4 Å². The van der Waals surface area contributed by atoms with Gasteiger partial charge in [0, 0.05) is 56.3 Å². The third-order valence-electron chi connectivity index (χ3n) is 8.92. The summed E-state index contributed by atoms with van der Waals surface area (Å²) >= 11 is 17.8. The van der Waals surface area contributed by atoms with Crippen molar-refractivity contribution in [2.45, 2.75) is 19.6 Å². The van der Waals surface area contributed by atoms with Crippen LogP contribution in [0.4, 0.5) is 46.0 Å². The topological polar surface area (TPSA) is 411 Å². The predicted octanol–water partition coefficient (Wildman–Crippen LogP) is -3.72. The van der Waals surface area contributed by atoms with Crippen LogP contribution in [0, 0.1) is 0 Å². The molecule has 0 unspecified atom stereocenters. The molecule has 370 valence electrons. The van der Waals surface area contributed by atoms with Crippen LogP contribution < -0.4 is 129 Å². The Kier molecular flexibility index (Phi) is 25.5. The van der Waals surface area contributed by atoms with Crippen LogP contribution in [0.25, 0.3) is 21.5 Å². The molecule has 0 fully saturated rings. The van der Waals surface area contributed by atoms with Gasteiger partial charge in [-0.15, -0.1) is 20.5 Å². The molecule has 0 aliphatic carbocycles. The van der Waals surface area contributed by atoms with Crippen molar-refractivity contribution < 1.29 is 225 Å². The number of fused-ring (bicyclic) bond motifs is 2. The maximum absolute atomic E-state index is 12.5. The number of anilines is 4. The van der Waals surface area contributed by atoms with Gasteiger partial charge in [-0.05, 0) is 95.2 Å². The molecular weight excluding hydrogens is 1260 g/mol. The maximum Gasteiger partial charge on any atom is 1.00 e. The average Bonchev–Trinajstić information content (AvgIpc) is 3.20. The van der Waals surface area contributed by atoms with Crippen molar-refractivity contribution in [2.24, 2.45) is 20.5 Å². The Labute approximate surface area is 536 Å². The monoisotopic (exact) mass is 1270 g/mol. The second kappa shape index (κ2) is 26.8. The van der Waals surface area contributed by atoms with Gasteiger partial charge >= 0.3 is 118 Å². The zero-order valence-corrected chi connectivity index (χ0v) is 52.2. The van der Waals surface area contributed by atoms with E-state index in [1.807, 2.05) is 0 Å². The molecule has 0 bridgehead atoms. The first kappa shape index (κ1) is 69.4. The van der Waals surface area contributed by atoms with Crippen LogP contribution in [-0.2, 0) is 74.6 Å². The summed E-state index contributed by atoms with van der Waals surface area (Å²) in [5.74, 6) is -3.82. The van der Waals surface area contributed by atoms with Crippen LogP contribution >= 0.6 is 34.8 Å². The molecule has 1 heterocycles. The quantitative estimate of drug-likeness (QED) is 0.0319. The normalized spacial score (nSPS) is 11.7. The first-order chi connectivity index (χ1) is 31.1. The average molecular weight is 1280 g/mol. The van der Waals surface area contributed by atoms with E-state index in [0.29, 0.717) is 24.3 Å². The molecule has 0 aliphatic rings. The fourth-order valence-corrected chi connectivity index (χ4v) is 9.03. The van der Waals surface area contributed by atoms with Crippen LogP contribution in [0.2, 0.25) is 15.3 Å². The molecule has 38 heteroatoms. The number of nitrogens with zero attached hydrogens (tertiary/aromatic N) is 7. The van der Waals surface area contributed by atoms with Gasteiger partial charge in [0.1, 0.15) is 32.5 Å². The van der Waals surface area contributed by atoms with E-state index in [-0.39, 0.29) is 202 Å². The molecule has 7 aromatic rings. The first-order valence-corrected chi connectivity index (χ1v) is 24.3. The minimum absolute atomic E-state index is 0. The van der Waals surface area contributed by atoms with E-state index >= 15 is 0 Å². The number of aromatic hydroxyl groups is 4. The molecule has 2 radical (unpaired) electrons. The number of phenols is 4. The fourth-order valence-electron chi connectivity index (χ4n) is 5.94. The Morgan fingerprint density at radius 3 is 1.10 bits per heavy atom. The molecule has 7 rings (SSSR count). The second-order valence-corrected chi connectivity index (χ2v) is 20.1. The Balaban J connectivity index is 0.00000444. The van der Waals surface area contributed by atoms with E-state index in [0.717, 1.165) is 12.1 Å². The molecule has 0 aliphatic heterocycles. The van der Waals surface area contributed by atoms with Gasteiger partial charge in [-0.1, -0.05) is 23.2 Å². The number of benzene rings is 6. The Morgan fingerprint density at radius 1 is 0.438 bits per heavy atom. The third kappa shape index (κ3) is 16.2. The summed E-state index contributed by atoms with van der Waals surface area (Å²) in [5.41, 5.74) is -2.77. The molecular formula is C35H22Cl3Cu2N9Na4O16S4+4. The van der Waals surface area contributed by atoms with Gasteiger partial charge < -0.3 is 31.1 Å². The van der Waals surface area contributed by atoms with Gasteiger partial charge in [0.15, 0.2) is 23.0 Å². The number of aromatic nitrogens is 3. The number of phenolic OH excluding ortho intramolecular Hbond substituents is 4. The second-order valence-electron chi connectivity index (χ2n) is 13.4. The molecule has 73 heavy (non-hydrogen) atoms. The molecule has 0 atom stereocenters. The van der Waals surface area contributed by atoms with E-state index in [9.17, 15) is 72.3 Å². The molecule has 0 amide bonds. The largest absolute Gasteiger partial charge is 1.00 e. The molecule has 25 nitrogen and oxygen atoms in total. The Hall–Kier alpha value is -1.60. The molecule has 6 aromatic carbocycles. The van der Waals surface area contributed by atoms with Crippen molar-refractivity contribution in [3.05, 3.63) is 88.1 Å². The van der Waals surface area contributed by atoms with E-state index in [1.54, 1.807) is 0 Å². The summed E-state index contributed by atoms with van der Waals surface area (Å²) < 4.78 is 135. The zero-order chi connectivity index (χ0) is 49.1. The van der Waals surface area contributed by atoms with Gasteiger partial charge in [0.05, 0.1) is 19.8 Å². The van der Waals surface area contributed by atoms with Crippen LogP contribution in [0.15, 0.2) is 113 Å². The van der Waals surface area contributed by atoms with Gasteiger partial charge in [0.2, 0.25) is 17.2 Å². The van der Waals surface area contributed by atoms with Crippen LogP contribution in [0.3, 0.4) is 0 Å². The van der Waals surface area contributed by atoms with E-state index < -0.39 is 116 Å². The molecule has 0 saturated heterocycles. The summed E-state index contributed by atoms with van der Waals surface area (Å²) in [4.78, 5) is 8.59. The van der Waals surface area contributed by atoms with Crippen molar-refractivity contribution >= 4 is 143 Å². The summed E-state index contributed by atoms with van der Waals surface area (Å²) in [6, 6.07) is 12.3. The van der Waals surface area contributed by atoms with Crippen molar-refractivity contribution in [3.8, 4) is 23.0 Å².